The Hall–Kier alpha value is -2.60. The minimum Gasteiger partial charge on any atom is -0.369 e. The normalized spacial score (nSPS) is 16.1. The zero-order valence-corrected chi connectivity index (χ0v) is 15.9. The average Bonchev–Trinajstić information content (AvgIpc) is 2.69. The van der Waals surface area contributed by atoms with Gasteiger partial charge in [0.25, 0.3) is 5.56 Å². The van der Waals surface area contributed by atoms with E-state index in [2.05, 4.69) is 39.4 Å². The summed E-state index contributed by atoms with van der Waals surface area (Å²) in [5.41, 5.74) is 1.13. The van der Waals surface area contributed by atoms with Gasteiger partial charge in [0.1, 0.15) is 6.54 Å². The highest BCUT2D eigenvalue weighted by Gasteiger charge is 2.18. The Morgan fingerprint density at radius 1 is 1.04 bits per heavy atom. The standard InChI is InChI=1S/C21H28N4O2/c1-18(22-20(26)17-25-11-6-5-9-21(25)27)10-12-23-13-15-24(16-14-23)19-7-3-2-4-8-19/h2-9,11,18H,10,12-17H2,1H3,(H,22,26). The number of para-hydroxylation sites is 1. The Bertz CT molecular complexity index is 782. The maximum atomic E-state index is 12.1. The molecule has 0 spiro atoms. The Labute approximate surface area is 160 Å². The molecule has 0 aliphatic carbocycles. The number of anilines is 1. The van der Waals surface area contributed by atoms with Gasteiger partial charge in [-0.15, -0.1) is 0 Å². The van der Waals surface area contributed by atoms with Gasteiger partial charge in [0.2, 0.25) is 5.91 Å². The van der Waals surface area contributed by atoms with Gasteiger partial charge in [-0.05, 0) is 31.5 Å². The fraction of sp³-hybridized carbons (Fsp3) is 0.429. The lowest BCUT2D eigenvalue weighted by molar-refractivity contribution is -0.122. The molecule has 1 amide bonds. The predicted octanol–water partition coefficient (Wildman–Crippen LogP) is 1.57. The van der Waals surface area contributed by atoms with Gasteiger partial charge in [0.15, 0.2) is 0 Å². The van der Waals surface area contributed by atoms with Crippen molar-refractivity contribution in [3.05, 3.63) is 65.1 Å². The van der Waals surface area contributed by atoms with E-state index in [9.17, 15) is 9.59 Å². The molecule has 1 aliphatic rings. The number of nitrogens with zero attached hydrogens (tertiary/aromatic N) is 3. The lowest BCUT2D eigenvalue weighted by Crippen LogP contribution is -2.47. The monoisotopic (exact) mass is 368 g/mol. The third-order valence-corrected chi connectivity index (χ3v) is 4.99. The summed E-state index contributed by atoms with van der Waals surface area (Å²) < 4.78 is 1.42. The molecule has 2 heterocycles. The number of aromatic nitrogens is 1. The van der Waals surface area contributed by atoms with Gasteiger partial charge in [-0.25, -0.2) is 0 Å². The first kappa shape index (κ1) is 19.2. The summed E-state index contributed by atoms with van der Waals surface area (Å²) in [6, 6.07) is 15.5. The zero-order valence-electron chi connectivity index (χ0n) is 15.9. The number of piperazine rings is 1. The van der Waals surface area contributed by atoms with Crippen LogP contribution in [0.3, 0.4) is 0 Å². The summed E-state index contributed by atoms with van der Waals surface area (Å²) >= 11 is 0. The molecule has 0 saturated carbocycles. The van der Waals surface area contributed by atoms with E-state index in [1.165, 1.54) is 16.3 Å². The van der Waals surface area contributed by atoms with Crippen molar-refractivity contribution >= 4 is 11.6 Å². The van der Waals surface area contributed by atoms with Crippen molar-refractivity contribution in [1.82, 2.24) is 14.8 Å². The average molecular weight is 368 g/mol. The Kier molecular flexibility index (Phi) is 6.65. The smallest absolute Gasteiger partial charge is 0.250 e. The first-order chi connectivity index (χ1) is 13.1. The Morgan fingerprint density at radius 2 is 1.74 bits per heavy atom. The molecule has 1 unspecified atom stereocenters. The molecule has 144 valence electrons. The highest BCUT2D eigenvalue weighted by Crippen LogP contribution is 2.15. The van der Waals surface area contributed by atoms with Crippen molar-refractivity contribution in [1.29, 1.82) is 0 Å². The van der Waals surface area contributed by atoms with Gasteiger partial charge in [-0.1, -0.05) is 24.3 Å². The molecule has 1 saturated heterocycles. The minimum absolute atomic E-state index is 0.0692. The lowest BCUT2D eigenvalue weighted by atomic mass is 10.2. The molecule has 1 aromatic heterocycles. The molecular formula is C21H28N4O2. The molecule has 1 aromatic carbocycles. The summed E-state index contributed by atoms with van der Waals surface area (Å²) in [4.78, 5) is 28.7. The SMILES string of the molecule is CC(CCN1CCN(c2ccccc2)CC1)NC(=O)Cn1ccccc1=O. The number of pyridine rings is 1. The van der Waals surface area contributed by atoms with E-state index < -0.39 is 0 Å². The van der Waals surface area contributed by atoms with Crippen molar-refractivity contribution in [3.8, 4) is 0 Å². The lowest BCUT2D eigenvalue weighted by Gasteiger charge is -2.36. The predicted molar refractivity (Wildman–Crippen MR) is 108 cm³/mol. The van der Waals surface area contributed by atoms with Crippen molar-refractivity contribution in [2.45, 2.75) is 25.9 Å². The quantitative estimate of drug-likeness (QED) is 0.806. The van der Waals surface area contributed by atoms with Gasteiger partial charge < -0.3 is 14.8 Å². The van der Waals surface area contributed by atoms with E-state index >= 15 is 0 Å². The summed E-state index contributed by atoms with van der Waals surface area (Å²) in [5, 5.41) is 2.99. The highest BCUT2D eigenvalue weighted by molar-refractivity contribution is 5.76. The van der Waals surface area contributed by atoms with E-state index in [-0.39, 0.29) is 24.1 Å². The second-order valence-electron chi connectivity index (χ2n) is 7.09. The second-order valence-corrected chi connectivity index (χ2v) is 7.09. The van der Waals surface area contributed by atoms with Gasteiger partial charge in [-0.3, -0.25) is 14.5 Å². The van der Waals surface area contributed by atoms with Crippen LogP contribution in [0, 0.1) is 0 Å². The summed E-state index contributed by atoms with van der Waals surface area (Å²) in [6.07, 6.45) is 2.54. The molecule has 27 heavy (non-hydrogen) atoms. The number of benzene rings is 1. The molecule has 6 heteroatoms. The van der Waals surface area contributed by atoms with E-state index in [0.29, 0.717) is 0 Å². The fourth-order valence-electron chi connectivity index (χ4n) is 3.38. The first-order valence-electron chi connectivity index (χ1n) is 9.59. The number of carbonyl (C=O) groups is 1. The molecular weight excluding hydrogens is 340 g/mol. The van der Waals surface area contributed by atoms with Crippen molar-refractivity contribution in [3.63, 3.8) is 0 Å². The van der Waals surface area contributed by atoms with Crippen LogP contribution in [0.15, 0.2) is 59.5 Å². The third kappa shape index (κ3) is 5.69. The van der Waals surface area contributed by atoms with Gasteiger partial charge in [0.05, 0.1) is 0 Å². The summed E-state index contributed by atoms with van der Waals surface area (Å²) in [5.74, 6) is -0.121. The number of amides is 1. The van der Waals surface area contributed by atoms with Crippen molar-refractivity contribution in [2.75, 3.05) is 37.6 Å². The molecule has 2 aromatic rings. The van der Waals surface area contributed by atoms with Gasteiger partial charge >= 0.3 is 0 Å². The number of hydrogen-bond acceptors (Lipinski definition) is 4. The first-order valence-corrected chi connectivity index (χ1v) is 9.59. The number of hydrogen-bond donors (Lipinski definition) is 1. The van der Waals surface area contributed by atoms with Crippen LogP contribution in [0.1, 0.15) is 13.3 Å². The van der Waals surface area contributed by atoms with E-state index in [1.807, 2.05) is 13.0 Å². The third-order valence-electron chi connectivity index (χ3n) is 4.99. The Morgan fingerprint density at radius 3 is 2.44 bits per heavy atom. The largest absolute Gasteiger partial charge is 0.369 e. The van der Waals surface area contributed by atoms with E-state index in [1.54, 1.807) is 18.3 Å². The maximum absolute atomic E-state index is 12.1. The molecule has 3 rings (SSSR count). The zero-order chi connectivity index (χ0) is 19.1. The Balaban J connectivity index is 1.37. The van der Waals surface area contributed by atoms with Crippen LogP contribution in [0.25, 0.3) is 0 Å². The fourth-order valence-corrected chi connectivity index (χ4v) is 3.38. The maximum Gasteiger partial charge on any atom is 0.250 e. The van der Waals surface area contributed by atoms with Crippen LogP contribution in [0.5, 0.6) is 0 Å². The molecule has 1 aliphatic heterocycles. The van der Waals surface area contributed by atoms with Gasteiger partial charge in [-0.2, -0.15) is 0 Å². The van der Waals surface area contributed by atoms with Crippen LogP contribution in [0.2, 0.25) is 0 Å². The second kappa shape index (κ2) is 9.37. The van der Waals surface area contributed by atoms with Crippen LogP contribution < -0.4 is 15.8 Å². The van der Waals surface area contributed by atoms with Crippen LogP contribution in [-0.2, 0) is 11.3 Å². The molecule has 1 atom stereocenters. The number of rotatable bonds is 7. The number of nitrogens with one attached hydrogen (secondary N) is 1. The van der Waals surface area contributed by atoms with E-state index in [4.69, 9.17) is 0 Å². The molecule has 0 bridgehead atoms. The van der Waals surface area contributed by atoms with Crippen LogP contribution >= 0.6 is 0 Å². The van der Waals surface area contributed by atoms with Gasteiger partial charge in [0, 0.05) is 56.7 Å². The molecule has 0 radical (unpaired) electrons. The minimum atomic E-state index is -0.156. The van der Waals surface area contributed by atoms with Crippen molar-refractivity contribution in [2.24, 2.45) is 0 Å². The highest BCUT2D eigenvalue weighted by atomic mass is 16.2. The summed E-state index contributed by atoms with van der Waals surface area (Å²) in [7, 11) is 0. The van der Waals surface area contributed by atoms with Crippen molar-refractivity contribution < 1.29 is 4.79 Å². The number of carbonyl (C=O) groups excluding carboxylic acids is 1. The topological polar surface area (TPSA) is 57.6 Å². The molecule has 1 N–H and O–H groups in total. The van der Waals surface area contributed by atoms with Crippen LogP contribution in [-0.4, -0.2) is 54.1 Å². The van der Waals surface area contributed by atoms with E-state index in [0.717, 1.165) is 39.1 Å². The molecule has 6 nitrogen and oxygen atoms in total. The molecule has 1 fully saturated rings. The summed E-state index contributed by atoms with van der Waals surface area (Å²) in [6.45, 7) is 7.19. The van der Waals surface area contributed by atoms with Crippen LogP contribution in [0.4, 0.5) is 5.69 Å².